The number of H-pyrrole nitrogens is 1. The number of benzene rings is 1. The Morgan fingerprint density at radius 1 is 1.21 bits per heavy atom. The van der Waals surface area contributed by atoms with Crippen molar-refractivity contribution in [1.82, 2.24) is 29.3 Å². The average Bonchev–Trinajstić information content (AvgIpc) is 3.26. The maximum atomic E-state index is 12.7. The van der Waals surface area contributed by atoms with E-state index in [0.717, 1.165) is 11.4 Å². The smallest absolute Gasteiger partial charge is 0.246 e. The SMILES string of the molecule is C[C@H]1CN(S(=O)(=O)c2cn[nH]c2)Cc2nnc(-c3ccccc3)n21. The molecule has 3 heterocycles. The summed E-state index contributed by atoms with van der Waals surface area (Å²) in [6.45, 7) is 2.52. The van der Waals surface area contributed by atoms with Gasteiger partial charge < -0.3 is 4.57 Å². The quantitative estimate of drug-likeness (QED) is 0.775. The van der Waals surface area contributed by atoms with E-state index in [4.69, 9.17) is 0 Å². The number of hydrogen-bond donors (Lipinski definition) is 1. The van der Waals surface area contributed by atoms with E-state index < -0.39 is 10.0 Å². The van der Waals surface area contributed by atoms with Crippen LogP contribution in [0.25, 0.3) is 11.4 Å². The molecule has 0 saturated heterocycles. The third-order valence-corrected chi connectivity index (χ3v) is 5.91. The topological polar surface area (TPSA) is 96.8 Å². The minimum Gasteiger partial charge on any atom is -0.306 e. The molecular weight excluding hydrogens is 328 g/mol. The molecule has 24 heavy (non-hydrogen) atoms. The van der Waals surface area contributed by atoms with Crippen LogP contribution in [-0.4, -0.2) is 44.2 Å². The number of nitrogens with zero attached hydrogens (tertiary/aromatic N) is 5. The van der Waals surface area contributed by atoms with Crippen LogP contribution >= 0.6 is 0 Å². The molecule has 3 aromatic rings. The zero-order chi connectivity index (χ0) is 16.7. The van der Waals surface area contributed by atoms with Crippen molar-refractivity contribution in [1.29, 1.82) is 0 Å². The number of sulfonamides is 1. The van der Waals surface area contributed by atoms with Crippen molar-refractivity contribution in [2.24, 2.45) is 0 Å². The first kappa shape index (κ1) is 15.0. The number of aromatic nitrogens is 5. The average molecular weight is 344 g/mol. The van der Waals surface area contributed by atoms with E-state index in [1.807, 2.05) is 41.8 Å². The molecule has 9 heteroatoms. The molecule has 1 aliphatic heterocycles. The highest BCUT2D eigenvalue weighted by atomic mass is 32.2. The number of rotatable bonds is 3. The molecule has 0 amide bonds. The zero-order valence-electron chi connectivity index (χ0n) is 13.0. The summed E-state index contributed by atoms with van der Waals surface area (Å²) < 4.78 is 28.8. The number of fused-ring (bicyclic) bond motifs is 1. The minimum absolute atomic E-state index is 0.0689. The molecule has 0 saturated carbocycles. The lowest BCUT2D eigenvalue weighted by molar-refractivity contribution is 0.293. The normalized spacial score (nSPS) is 18.5. The van der Waals surface area contributed by atoms with Crippen LogP contribution in [0.4, 0.5) is 0 Å². The van der Waals surface area contributed by atoms with Gasteiger partial charge in [0.2, 0.25) is 10.0 Å². The number of hydrogen-bond acceptors (Lipinski definition) is 5. The molecule has 4 rings (SSSR count). The molecule has 1 N–H and O–H groups in total. The Morgan fingerprint density at radius 3 is 2.71 bits per heavy atom. The third kappa shape index (κ3) is 2.33. The Labute approximate surface area is 139 Å². The van der Waals surface area contributed by atoms with E-state index in [-0.39, 0.29) is 17.5 Å². The van der Waals surface area contributed by atoms with Gasteiger partial charge in [0.25, 0.3) is 0 Å². The fourth-order valence-corrected chi connectivity index (χ4v) is 4.37. The molecule has 2 aromatic heterocycles. The molecule has 1 atom stereocenters. The summed E-state index contributed by atoms with van der Waals surface area (Å²) >= 11 is 0. The van der Waals surface area contributed by atoms with Crippen LogP contribution < -0.4 is 0 Å². The van der Waals surface area contributed by atoms with Gasteiger partial charge in [-0.2, -0.15) is 9.40 Å². The van der Waals surface area contributed by atoms with Crippen molar-refractivity contribution >= 4 is 10.0 Å². The van der Waals surface area contributed by atoms with Crippen molar-refractivity contribution in [2.45, 2.75) is 24.4 Å². The van der Waals surface area contributed by atoms with Crippen molar-refractivity contribution < 1.29 is 8.42 Å². The van der Waals surface area contributed by atoms with Crippen molar-refractivity contribution in [3.8, 4) is 11.4 Å². The lowest BCUT2D eigenvalue weighted by Gasteiger charge is -2.31. The lowest BCUT2D eigenvalue weighted by Crippen LogP contribution is -2.40. The predicted molar refractivity (Wildman–Crippen MR) is 86.4 cm³/mol. The molecule has 124 valence electrons. The summed E-state index contributed by atoms with van der Waals surface area (Å²) in [5.74, 6) is 1.40. The van der Waals surface area contributed by atoms with Gasteiger partial charge in [0.1, 0.15) is 10.7 Å². The summed E-state index contributed by atoms with van der Waals surface area (Å²) in [6, 6.07) is 9.71. The van der Waals surface area contributed by atoms with E-state index in [2.05, 4.69) is 20.4 Å². The van der Waals surface area contributed by atoms with Crippen LogP contribution in [0.1, 0.15) is 18.8 Å². The van der Waals surface area contributed by atoms with Crippen LogP contribution in [0.2, 0.25) is 0 Å². The highest BCUT2D eigenvalue weighted by Gasteiger charge is 2.34. The summed E-state index contributed by atoms with van der Waals surface area (Å²) in [5.41, 5.74) is 0.967. The highest BCUT2D eigenvalue weighted by Crippen LogP contribution is 2.30. The van der Waals surface area contributed by atoms with E-state index >= 15 is 0 Å². The van der Waals surface area contributed by atoms with E-state index in [9.17, 15) is 8.42 Å². The Hall–Kier alpha value is -2.52. The third-order valence-electron chi connectivity index (χ3n) is 4.14. The molecule has 1 aliphatic rings. The molecule has 8 nitrogen and oxygen atoms in total. The van der Waals surface area contributed by atoms with Gasteiger partial charge >= 0.3 is 0 Å². The van der Waals surface area contributed by atoms with E-state index in [1.165, 1.54) is 16.7 Å². The maximum absolute atomic E-state index is 12.7. The molecule has 0 bridgehead atoms. The van der Waals surface area contributed by atoms with Gasteiger partial charge in [-0.25, -0.2) is 8.42 Å². The summed E-state index contributed by atoms with van der Waals surface area (Å²) in [4.78, 5) is 0.158. The van der Waals surface area contributed by atoms with Crippen LogP contribution in [0.15, 0.2) is 47.6 Å². The summed E-state index contributed by atoms with van der Waals surface area (Å²) in [6.07, 6.45) is 2.70. The van der Waals surface area contributed by atoms with E-state index in [1.54, 1.807) is 0 Å². The monoisotopic (exact) mass is 344 g/mol. The molecule has 1 aromatic carbocycles. The first-order valence-electron chi connectivity index (χ1n) is 7.55. The maximum Gasteiger partial charge on any atom is 0.246 e. The highest BCUT2D eigenvalue weighted by molar-refractivity contribution is 7.89. The Kier molecular flexibility index (Phi) is 3.47. The van der Waals surface area contributed by atoms with E-state index in [0.29, 0.717) is 12.4 Å². The van der Waals surface area contributed by atoms with Gasteiger partial charge in [-0.3, -0.25) is 5.10 Å². The van der Waals surface area contributed by atoms with Crippen LogP contribution in [0.5, 0.6) is 0 Å². The first-order chi connectivity index (χ1) is 11.6. The molecule has 0 aliphatic carbocycles. The van der Waals surface area contributed by atoms with Crippen LogP contribution in [0, 0.1) is 0 Å². The standard InChI is InChI=1S/C15H16N6O2S/c1-11-9-20(24(22,23)13-7-16-17-8-13)10-14-18-19-15(21(11)14)12-5-3-2-4-6-12/h2-8,11H,9-10H2,1H3,(H,16,17)/t11-/m0/s1. The fourth-order valence-electron chi connectivity index (χ4n) is 2.99. The number of aromatic amines is 1. The second-order valence-corrected chi connectivity index (χ2v) is 7.69. The van der Waals surface area contributed by atoms with Gasteiger partial charge in [-0.1, -0.05) is 30.3 Å². The van der Waals surface area contributed by atoms with Crippen molar-refractivity contribution in [3.63, 3.8) is 0 Å². The molecule has 0 spiro atoms. The van der Waals surface area contributed by atoms with Gasteiger partial charge in [-0.15, -0.1) is 10.2 Å². The van der Waals surface area contributed by atoms with Gasteiger partial charge in [0.05, 0.1) is 12.7 Å². The summed E-state index contributed by atoms with van der Waals surface area (Å²) in [7, 11) is -3.59. The van der Waals surface area contributed by atoms with Crippen molar-refractivity contribution in [2.75, 3.05) is 6.54 Å². The minimum atomic E-state index is -3.59. The predicted octanol–water partition coefficient (Wildman–Crippen LogP) is 1.43. The molecule has 0 radical (unpaired) electrons. The zero-order valence-corrected chi connectivity index (χ0v) is 13.8. The first-order valence-corrected chi connectivity index (χ1v) is 8.99. The Morgan fingerprint density at radius 2 is 2.00 bits per heavy atom. The van der Waals surface area contributed by atoms with Crippen molar-refractivity contribution in [3.05, 3.63) is 48.5 Å². The Bertz CT molecular complexity index is 949. The molecule has 0 fully saturated rings. The van der Waals surface area contributed by atoms with Crippen LogP contribution in [0.3, 0.4) is 0 Å². The van der Waals surface area contributed by atoms with Gasteiger partial charge in [0, 0.05) is 24.3 Å². The molecular formula is C15H16N6O2S. The summed E-state index contributed by atoms with van der Waals surface area (Å²) in [5, 5.41) is 14.8. The lowest BCUT2D eigenvalue weighted by atomic mass is 10.2. The van der Waals surface area contributed by atoms with Crippen LogP contribution in [-0.2, 0) is 16.6 Å². The van der Waals surface area contributed by atoms with Gasteiger partial charge in [0.15, 0.2) is 5.82 Å². The number of nitrogens with one attached hydrogen (secondary N) is 1. The second kappa shape index (κ2) is 5.53. The largest absolute Gasteiger partial charge is 0.306 e. The second-order valence-electron chi connectivity index (χ2n) is 5.76. The molecule has 0 unspecified atom stereocenters. The fraction of sp³-hybridized carbons (Fsp3) is 0.267. The van der Waals surface area contributed by atoms with Gasteiger partial charge in [-0.05, 0) is 6.92 Å². The Balaban J connectivity index is 1.72.